The zero-order chi connectivity index (χ0) is 16.5. The van der Waals surface area contributed by atoms with Crippen LogP contribution in [0.4, 0.5) is 5.82 Å². The second kappa shape index (κ2) is 6.20. The van der Waals surface area contributed by atoms with Crippen molar-refractivity contribution < 1.29 is 4.79 Å². The van der Waals surface area contributed by atoms with Crippen LogP contribution in [0.5, 0.6) is 0 Å². The van der Waals surface area contributed by atoms with Crippen molar-refractivity contribution in [2.24, 2.45) is 0 Å². The van der Waals surface area contributed by atoms with Gasteiger partial charge in [-0.1, -0.05) is 30.3 Å². The van der Waals surface area contributed by atoms with Gasteiger partial charge in [0.1, 0.15) is 17.0 Å². The Morgan fingerprint density at radius 1 is 1.25 bits per heavy atom. The second-order valence-corrected chi connectivity index (χ2v) is 6.85. The highest BCUT2D eigenvalue weighted by Gasteiger charge is 2.25. The summed E-state index contributed by atoms with van der Waals surface area (Å²) in [5.41, 5.74) is 2.32. The smallest absolute Gasteiger partial charge is 0.222 e. The van der Waals surface area contributed by atoms with Crippen LogP contribution in [0.15, 0.2) is 42.0 Å². The number of anilines is 1. The van der Waals surface area contributed by atoms with Crippen LogP contribution in [0.2, 0.25) is 0 Å². The fourth-order valence-corrected chi connectivity index (χ4v) is 4.12. The standard InChI is InChI=1S/C18H18N4OS/c1-12-9-15(23)19-7-8-22(12)17-16-14(13-5-3-2-4-6-13)10-24-18(16)21-11-20-17/h2-6,10-12H,7-9H2,1H3,(H,19,23). The number of thiophene rings is 1. The average molecular weight is 338 g/mol. The molecule has 0 aliphatic carbocycles. The molecule has 3 aromatic rings. The van der Waals surface area contributed by atoms with Gasteiger partial charge in [0.15, 0.2) is 0 Å². The minimum absolute atomic E-state index is 0.101. The Bertz CT molecular complexity index is 877. The predicted molar refractivity (Wildman–Crippen MR) is 97.3 cm³/mol. The largest absolute Gasteiger partial charge is 0.354 e. The summed E-state index contributed by atoms with van der Waals surface area (Å²) in [6, 6.07) is 10.4. The van der Waals surface area contributed by atoms with Crippen LogP contribution < -0.4 is 10.2 Å². The van der Waals surface area contributed by atoms with E-state index in [4.69, 9.17) is 0 Å². The molecule has 1 aliphatic heterocycles. The first-order valence-electron chi connectivity index (χ1n) is 8.05. The monoisotopic (exact) mass is 338 g/mol. The maximum atomic E-state index is 11.8. The molecule has 1 unspecified atom stereocenters. The Balaban J connectivity index is 1.86. The molecule has 122 valence electrons. The highest BCUT2D eigenvalue weighted by molar-refractivity contribution is 7.17. The molecule has 1 fully saturated rings. The zero-order valence-corrected chi connectivity index (χ0v) is 14.2. The SMILES string of the molecule is CC1CC(=O)NCCN1c1ncnc2scc(-c3ccccc3)c12. The molecule has 2 aromatic heterocycles. The van der Waals surface area contributed by atoms with E-state index in [0.29, 0.717) is 13.0 Å². The number of fused-ring (bicyclic) bond motifs is 1. The van der Waals surface area contributed by atoms with Crippen molar-refractivity contribution in [1.82, 2.24) is 15.3 Å². The minimum Gasteiger partial charge on any atom is -0.354 e. The first-order valence-corrected chi connectivity index (χ1v) is 8.93. The van der Waals surface area contributed by atoms with Gasteiger partial charge in [-0.25, -0.2) is 9.97 Å². The number of hydrogen-bond acceptors (Lipinski definition) is 5. The highest BCUT2D eigenvalue weighted by atomic mass is 32.1. The molecule has 3 heterocycles. The van der Waals surface area contributed by atoms with Gasteiger partial charge < -0.3 is 10.2 Å². The maximum Gasteiger partial charge on any atom is 0.222 e. The molecule has 24 heavy (non-hydrogen) atoms. The van der Waals surface area contributed by atoms with Crippen LogP contribution in [0.1, 0.15) is 13.3 Å². The summed E-state index contributed by atoms with van der Waals surface area (Å²) in [5.74, 6) is 1.02. The topological polar surface area (TPSA) is 58.1 Å². The number of hydrogen-bond donors (Lipinski definition) is 1. The Kier molecular flexibility index (Phi) is 3.90. The van der Waals surface area contributed by atoms with E-state index in [9.17, 15) is 4.79 Å². The fraction of sp³-hybridized carbons (Fsp3) is 0.278. The third-order valence-corrected chi connectivity index (χ3v) is 5.28. The molecule has 1 N–H and O–H groups in total. The third kappa shape index (κ3) is 2.63. The van der Waals surface area contributed by atoms with Gasteiger partial charge in [0.05, 0.1) is 5.39 Å². The number of amides is 1. The average Bonchev–Trinajstić information content (AvgIpc) is 2.96. The number of nitrogens with one attached hydrogen (secondary N) is 1. The Morgan fingerprint density at radius 2 is 2.08 bits per heavy atom. The van der Waals surface area contributed by atoms with Crippen LogP contribution in [0.3, 0.4) is 0 Å². The summed E-state index contributed by atoms with van der Waals surface area (Å²) in [6.07, 6.45) is 2.10. The third-order valence-electron chi connectivity index (χ3n) is 4.39. The molecule has 4 rings (SSSR count). The first kappa shape index (κ1) is 15.1. The number of nitrogens with zero attached hydrogens (tertiary/aromatic N) is 3. The van der Waals surface area contributed by atoms with Crippen molar-refractivity contribution >= 4 is 33.3 Å². The predicted octanol–water partition coefficient (Wildman–Crippen LogP) is 3.07. The second-order valence-electron chi connectivity index (χ2n) is 5.99. The molecule has 5 nitrogen and oxygen atoms in total. The van der Waals surface area contributed by atoms with Crippen molar-refractivity contribution in [2.45, 2.75) is 19.4 Å². The summed E-state index contributed by atoms with van der Waals surface area (Å²) in [7, 11) is 0. The molecule has 0 saturated carbocycles. The van der Waals surface area contributed by atoms with E-state index in [-0.39, 0.29) is 11.9 Å². The van der Waals surface area contributed by atoms with Gasteiger partial charge in [-0.15, -0.1) is 11.3 Å². The normalized spacial score (nSPS) is 18.5. The lowest BCUT2D eigenvalue weighted by Crippen LogP contribution is -2.35. The van der Waals surface area contributed by atoms with E-state index < -0.39 is 0 Å². The van der Waals surface area contributed by atoms with Crippen molar-refractivity contribution in [3.05, 3.63) is 42.0 Å². The van der Waals surface area contributed by atoms with E-state index in [1.165, 1.54) is 0 Å². The Labute approximate surface area is 144 Å². The molecule has 1 saturated heterocycles. The molecular formula is C18H18N4OS. The summed E-state index contributed by atoms with van der Waals surface area (Å²) in [4.78, 5) is 24.0. The van der Waals surface area contributed by atoms with E-state index >= 15 is 0 Å². The van der Waals surface area contributed by atoms with Crippen molar-refractivity contribution in [2.75, 3.05) is 18.0 Å². The van der Waals surface area contributed by atoms with Gasteiger partial charge in [-0.05, 0) is 12.5 Å². The molecular weight excluding hydrogens is 320 g/mol. The number of rotatable bonds is 2. The van der Waals surface area contributed by atoms with Crippen LogP contribution in [-0.4, -0.2) is 35.0 Å². The van der Waals surface area contributed by atoms with Crippen LogP contribution in [-0.2, 0) is 4.79 Å². The van der Waals surface area contributed by atoms with Crippen LogP contribution in [0.25, 0.3) is 21.3 Å². The van der Waals surface area contributed by atoms with Crippen molar-refractivity contribution in [3.63, 3.8) is 0 Å². The molecule has 0 radical (unpaired) electrons. The lowest BCUT2D eigenvalue weighted by molar-refractivity contribution is -0.120. The van der Waals surface area contributed by atoms with Crippen molar-refractivity contribution in [3.8, 4) is 11.1 Å². The minimum atomic E-state index is 0.101. The highest BCUT2D eigenvalue weighted by Crippen LogP contribution is 2.38. The number of benzene rings is 1. The molecule has 0 spiro atoms. The van der Waals surface area contributed by atoms with Gasteiger partial charge in [-0.3, -0.25) is 4.79 Å². The number of carbonyl (C=O) groups excluding carboxylic acids is 1. The lowest BCUT2D eigenvalue weighted by Gasteiger charge is -2.28. The molecule has 1 aliphatic rings. The molecule has 1 aromatic carbocycles. The summed E-state index contributed by atoms with van der Waals surface area (Å²) >= 11 is 1.63. The first-order chi connectivity index (χ1) is 11.7. The van der Waals surface area contributed by atoms with Gasteiger partial charge in [0.25, 0.3) is 0 Å². The van der Waals surface area contributed by atoms with E-state index in [0.717, 1.165) is 33.7 Å². The fourth-order valence-electron chi connectivity index (χ4n) is 3.21. The van der Waals surface area contributed by atoms with E-state index in [2.05, 4.69) is 44.6 Å². The molecule has 0 bridgehead atoms. The Hall–Kier alpha value is -2.47. The van der Waals surface area contributed by atoms with Gasteiger partial charge in [0.2, 0.25) is 5.91 Å². The zero-order valence-electron chi connectivity index (χ0n) is 13.4. The molecule has 1 amide bonds. The van der Waals surface area contributed by atoms with Crippen LogP contribution >= 0.6 is 11.3 Å². The lowest BCUT2D eigenvalue weighted by atomic mass is 10.1. The molecule has 6 heteroatoms. The Morgan fingerprint density at radius 3 is 2.92 bits per heavy atom. The van der Waals surface area contributed by atoms with Crippen molar-refractivity contribution in [1.29, 1.82) is 0 Å². The summed E-state index contributed by atoms with van der Waals surface area (Å²) in [6.45, 7) is 3.47. The van der Waals surface area contributed by atoms with E-state index in [1.807, 2.05) is 18.2 Å². The van der Waals surface area contributed by atoms with E-state index in [1.54, 1.807) is 17.7 Å². The number of carbonyl (C=O) groups is 1. The summed E-state index contributed by atoms with van der Waals surface area (Å²) < 4.78 is 0. The summed E-state index contributed by atoms with van der Waals surface area (Å²) in [5, 5.41) is 6.16. The van der Waals surface area contributed by atoms with Crippen LogP contribution in [0, 0.1) is 0 Å². The maximum absolute atomic E-state index is 11.8. The van der Waals surface area contributed by atoms with Gasteiger partial charge >= 0.3 is 0 Å². The van der Waals surface area contributed by atoms with Gasteiger partial charge in [0, 0.05) is 36.5 Å². The number of aromatic nitrogens is 2. The van der Waals surface area contributed by atoms with Gasteiger partial charge in [-0.2, -0.15) is 0 Å². The molecule has 1 atom stereocenters. The quantitative estimate of drug-likeness (QED) is 0.780.